The number of fused-ring (bicyclic) bond motifs is 1. The van der Waals surface area contributed by atoms with Crippen molar-refractivity contribution in [3.05, 3.63) is 71.8 Å². The molecule has 31 heavy (non-hydrogen) atoms. The van der Waals surface area contributed by atoms with Crippen molar-refractivity contribution in [1.82, 2.24) is 0 Å². The summed E-state index contributed by atoms with van der Waals surface area (Å²) in [4.78, 5) is 0.378. The Morgan fingerprint density at radius 3 is 2.48 bits per heavy atom. The lowest BCUT2D eigenvalue weighted by atomic mass is 9.96. The van der Waals surface area contributed by atoms with Crippen molar-refractivity contribution < 1.29 is 22.7 Å². The van der Waals surface area contributed by atoms with Crippen LogP contribution in [0.3, 0.4) is 0 Å². The zero-order valence-electron chi connectivity index (χ0n) is 16.5. The Kier molecular flexibility index (Phi) is 5.23. The van der Waals surface area contributed by atoms with Crippen molar-refractivity contribution in [2.45, 2.75) is 19.5 Å². The molecule has 0 radical (unpaired) electrons. The van der Waals surface area contributed by atoms with E-state index < -0.39 is 11.7 Å². The van der Waals surface area contributed by atoms with Crippen LogP contribution in [0.25, 0.3) is 33.2 Å². The van der Waals surface area contributed by atoms with Gasteiger partial charge in [0, 0.05) is 10.4 Å². The smallest absolute Gasteiger partial charge is 0.416 e. The standard InChI is InChI=1S/C24H18F3NO2S/c1-2-19(31)14-10-15(12-16(11-14)24(25,26)27)20-21(29)22(30-23(20)28)18-9-5-7-13-6-3-4-8-17(13)18/h3-12,29H,2,28H2,1H3. The first-order valence-corrected chi connectivity index (χ1v) is 9.96. The number of hydrogen-bond acceptors (Lipinski definition) is 4. The molecule has 3 aromatic carbocycles. The molecule has 0 aliphatic carbocycles. The van der Waals surface area contributed by atoms with Gasteiger partial charge in [0.25, 0.3) is 0 Å². The fraction of sp³-hybridized carbons (Fsp3) is 0.125. The van der Waals surface area contributed by atoms with Gasteiger partial charge in [-0.3, -0.25) is 0 Å². The minimum atomic E-state index is -4.58. The van der Waals surface area contributed by atoms with Crippen molar-refractivity contribution in [3.8, 4) is 28.2 Å². The van der Waals surface area contributed by atoms with E-state index in [9.17, 15) is 18.3 Å². The summed E-state index contributed by atoms with van der Waals surface area (Å²) in [5, 5.41) is 12.7. The summed E-state index contributed by atoms with van der Waals surface area (Å²) < 4.78 is 46.2. The minimum Gasteiger partial charge on any atom is -0.504 e. The van der Waals surface area contributed by atoms with Gasteiger partial charge in [0.1, 0.15) is 0 Å². The van der Waals surface area contributed by atoms with E-state index in [2.05, 4.69) is 0 Å². The minimum absolute atomic E-state index is 0.00851. The largest absolute Gasteiger partial charge is 0.504 e. The Morgan fingerprint density at radius 1 is 1.06 bits per heavy atom. The number of furan rings is 1. The van der Waals surface area contributed by atoms with E-state index in [4.69, 9.17) is 22.4 Å². The zero-order valence-corrected chi connectivity index (χ0v) is 17.3. The van der Waals surface area contributed by atoms with Crippen LogP contribution < -0.4 is 5.73 Å². The summed E-state index contributed by atoms with van der Waals surface area (Å²) in [7, 11) is 0. The summed E-state index contributed by atoms with van der Waals surface area (Å²) in [5.74, 6) is -0.393. The molecule has 0 aliphatic rings. The first-order chi connectivity index (χ1) is 14.7. The molecule has 7 heteroatoms. The molecule has 0 aliphatic heterocycles. The topological polar surface area (TPSA) is 59.4 Å². The van der Waals surface area contributed by atoms with Gasteiger partial charge >= 0.3 is 6.18 Å². The van der Waals surface area contributed by atoms with Crippen molar-refractivity contribution in [1.29, 1.82) is 0 Å². The maximum atomic E-state index is 13.5. The lowest BCUT2D eigenvalue weighted by molar-refractivity contribution is -0.137. The third-order valence-electron chi connectivity index (χ3n) is 5.14. The van der Waals surface area contributed by atoms with Crippen LogP contribution in [-0.4, -0.2) is 9.97 Å². The molecule has 158 valence electrons. The monoisotopic (exact) mass is 441 g/mol. The highest BCUT2D eigenvalue weighted by Gasteiger charge is 2.33. The van der Waals surface area contributed by atoms with Crippen LogP contribution in [0.15, 0.2) is 65.1 Å². The van der Waals surface area contributed by atoms with Crippen molar-refractivity contribution in [2.24, 2.45) is 0 Å². The van der Waals surface area contributed by atoms with Crippen LogP contribution >= 0.6 is 12.2 Å². The summed E-state index contributed by atoms with van der Waals surface area (Å²) in [6.07, 6.45) is -4.18. The summed E-state index contributed by atoms with van der Waals surface area (Å²) in [5.41, 5.74) is 6.10. The molecule has 0 unspecified atom stereocenters. The molecule has 0 amide bonds. The number of benzene rings is 3. The third kappa shape index (κ3) is 3.77. The first-order valence-electron chi connectivity index (χ1n) is 9.56. The highest BCUT2D eigenvalue weighted by atomic mass is 32.1. The molecule has 1 aromatic heterocycles. The number of thiocarbonyl (C=S) groups is 1. The van der Waals surface area contributed by atoms with Gasteiger partial charge < -0.3 is 15.3 Å². The van der Waals surface area contributed by atoms with E-state index >= 15 is 0 Å². The van der Waals surface area contributed by atoms with E-state index in [1.54, 1.807) is 19.1 Å². The predicted molar refractivity (Wildman–Crippen MR) is 120 cm³/mol. The van der Waals surface area contributed by atoms with Gasteiger partial charge in [-0.1, -0.05) is 61.6 Å². The normalized spacial score (nSPS) is 11.7. The van der Waals surface area contributed by atoms with Crippen LogP contribution in [-0.2, 0) is 6.18 Å². The van der Waals surface area contributed by atoms with Crippen molar-refractivity contribution in [2.75, 3.05) is 5.73 Å². The third-order valence-corrected chi connectivity index (χ3v) is 5.66. The quantitative estimate of drug-likeness (QED) is 0.260. The van der Waals surface area contributed by atoms with E-state index in [0.29, 0.717) is 16.8 Å². The second kappa shape index (κ2) is 7.74. The fourth-order valence-corrected chi connectivity index (χ4v) is 3.74. The van der Waals surface area contributed by atoms with E-state index in [1.165, 1.54) is 6.07 Å². The Balaban J connectivity index is 1.95. The number of aromatic hydroxyl groups is 1. The second-order valence-corrected chi connectivity index (χ2v) is 7.61. The average molecular weight is 441 g/mol. The number of rotatable bonds is 4. The molecular formula is C24H18F3NO2S. The van der Waals surface area contributed by atoms with Crippen LogP contribution in [0.4, 0.5) is 19.1 Å². The number of nitrogens with two attached hydrogens (primary N) is 1. The lowest BCUT2D eigenvalue weighted by Crippen LogP contribution is -2.08. The van der Waals surface area contributed by atoms with Crippen molar-refractivity contribution >= 4 is 33.7 Å². The number of alkyl halides is 3. The van der Waals surface area contributed by atoms with Crippen molar-refractivity contribution in [3.63, 3.8) is 0 Å². The molecule has 4 aromatic rings. The molecule has 0 fully saturated rings. The van der Waals surface area contributed by atoms with E-state index in [-0.39, 0.29) is 34.1 Å². The molecule has 1 heterocycles. The summed E-state index contributed by atoms with van der Waals surface area (Å²) in [6, 6.07) is 16.4. The molecule has 0 bridgehead atoms. The maximum absolute atomic E-state index is 13.5. The Hall–Kier alpha value is -3.32. The second-order valence-electron chi connectivity index (χ2n) is 7.12. The van der Waals surface area contributed by atoms with Gasteiger partial charge in [0.15, 0.2) is 11.5 Å². The summed E-state index contributed by atoms with van der Waals surface area (Å²) in [6.45, 7) is 1.77. The molecule has 0 atom stereocenters. The Bertz CT molecular complexity index is 1300. The highest BCUT2D eigenvalue weighted by Crippen LogP contribution is 2.47. The molecule has 3 N–H and O–H groups in total. The van der Waals surface area contributed by atoms with Gasteiger partial charge in [0.2, 0.25) is 5.88 Å². The van der Waals surface area contributed by atoms with Crippen LogP contribution in [0.1, 0.15) is 24.5 Å². The lowest BCUT2D eigenvalue weighted by Gasteiger charge is -2.12. The van der Waals surface area contributed by atoms with Gasteiger partial charge in [-0.05, 0) is 46.5 Å². The molecule has 3 nitrogen and oxygen atoms in total. The first kappa shape index (κ1) is 20.9. The Morgan fingerprint density at radius 2 is 1.77 bits per heavy atom. The van der Waals surface area contributed by atoms with Gasteiger partial charge in [-0.15, -0.1) is 0 Å². The number of nitrogen functional groups attached to an aromatic ring is 1. The van der Waals surface area contributed by atoms with Gasteiger partial charge in [-0.25, -0.2) is 0 Å². The molecule has 4 rings (SSSR count). The van der Waals surface area contributed by atoms with Gasteiger partial charge in [0.05, 0.1) is 11.1 Å². The molecule has 0 saturated heterocycles. The molecular weight excluding hydrogens is 423 g/mol. The maximum Gasteiger partial charge on any atom is 0.416 e. The fourth-order valence-electron chi connectivity index (χ4n) is 3.63. The van der Waals surface area contributed by atoms with Crippen LogP contribution in [0, 0.1) is 0 Å². The van der Waals surface area contributed by atoms with E-state index in [1.807, 2.05) is 30.3 Å². The SMILES string of the molecule is CCC(=S)c1cc(-c2c(N)oc(-c3cccc4ccccc34)c2O)cc(C(F)(F)F)c1. The number of anilines is 1. The highest BCUT2D eigenvalue weighted by molar-refractivity contribution is 7.80. The Labute approximate surface area is 181 Å². The summed E-state index contributed by atoms with van der Waals surface area (Å²) >= 11 is 5.23. The van der Waals surface area contributed by atoms with E-state index in [0.717, 1.165) is 22.9 Å². The van der Waals surface area contributed by atoms with Crippen LogP contribution in [0.2, 0.25) is 0 Å². The number of halogens is 3. The van der Waals surface area contributed by atoms with Gasteiger partial charge in [-0.2, -0.15) is 13.2 Å². The predicted octanol–water partition coefficient (Wildman–Crippen LogP) is 7.20. The van der Waals surface area contributed by atoms with Crippen LogP contribution in [0.5, 0.6) is 5.75 Å². The molecule has 0 spiro atoms. The zero-order chi connectivity index (χ0) is 22.3. The average Bonchev–Trinajstić information content (AvgIpc) is 3.05. The number of hydrogen-bond donors (Lipinski definition) is 2. The molecule has 0 saturated carbocycles.